The third-order valence-corrected chi connectivity index (χ3v) is 2.57. The molecule has 0 unspecified atom stereocenters. The molecule has 1 aromatic heterocycles. The van der Waals surface area contributed by atoms with Gasteiger partial charge in [-0.3, -0.25) is 4.79 Å². The quantitative estimate of drug-likeness (QED) is 0.861. The molecule has 0 bridgehead atoms. The number of hydrogen-bond acceptors (Lipinski definition) is 4. The van der Waals surface area contributed by atoms with Crippen molar-refractivity contribution in [3.05, 3.63) is 16.3 Å². The third-order valence-electron chi connectivity index (χ3n) is 1.67. The highest BCUT2D eigenvalue weighted by Crippen LogP contribution is 2.21. The lowest BCUT2D eigenvalue weighted by Crippen LogP contribution is -2.43. The summed E-state index contributed by atoms with van der Waals surface area (Å²) in [7, 11) is 0. The number of aromatic carboxylic acids is 1. The van der Waals surface area contributed by atoms with Crippen molar-refractivity contribution < 1.29 is 19.4 Å². The van der Waals surface area contributed by atoms with E-state index in [1.807, 2.05) is 20.8 Å². The van der Waals surface area contributed by atoms with Gasteiger partial charge in [0.15, 0.2) is 6.61 Å². The van der Waals surface area contributed by atoms with Crippen molar-refractivity contribution in [2.24, 2.45) is 0 Å². The van der Waals surface area contributed by atoms with E-state index < -0.39 is 5.97 Å². The van der Waals surface area contributed by atoms with Gasteiger partial charge in [-0.1, -0.05) is 0 Å². The van der Waals surface area contributed by atoms with Crippen LogP contribution in [-0.2, 0) is 4.79 Å². The number of carbonyl (C=O) groups excluding carboxylic acids is 1. The largest absolute Gasteiger partial charge is 0.483 e. The lowest BCUT2D eigenvalue weighted by atomic mass is 10.1. The van der Waals surface area contributed by atoms with Gasteiger partial charge in [-0.15, -0.1) is 11.3 Å². The highest BCUT2D eigenvalue weighted by Gasteiger charge is 2.14. The molecule has 1 aromatic rings. The van der Waals surface area contributed by atoms with Gasteiger partial charge in [0, 0.05) is 17.0 Å². The van der Waals surface area contributed by atoms with E-state index >= 15 is 0 Å². The fourth-order valence-electron chi connectivity index (χ4n) is 1.11. The Kier molecular flexibility index (Phi) is 4.11. The number of nitrogens with one attached hydrogen (secondary N) is 1. The lowest BCUT2D eigenvalue weighted by molar-refractivity contribution is -0.124. The summed E-state index contributed by atoms with van der Waals surface area (Å²) in [4.78, 5) is 22.2. The second kappa shape index (κ2) is 5.18. The van der Waals surface area contributed by atoms with Gasteiger partial charge < -0.3 is 15.2 Å². The maximum absolute atomic E-state index is 11.4. The molecular formula is C11H15NO4S. The van der Waals surface area contributed by atoms with Crippen LogP contribution in [0.1, 0.15) is 30.4 Å². The molecule has 0 aromatic carbocycles. The summed E-state index contributed by atoms with van der Waals surface area (Å²) in [6, 6.07) is 1.40. The first-order chi connectivity index (χ1) is 7.78. The number of hydrogen-bond donors (Lipinski definition) is 2. The van der Waals surface area contributed by atoms with Gasteiger partial charge in [-0.05, 0) is 20.8 Å². The average Bonchev–Trinajstić information content (AvgIpc) is 2.60. The van der Waals surface area contributed by atoms with Crippen LogP contribution in [0.4, 0.5) is 0 Å². The van der Waals surface area contributed by atoms with Crippen LogP contribution in [-0.4, -0.2) is 29.1 Å². The third kappa shape index (κ3) is 4.86. The van der Waals surface area contributed by atoms with Crippen molar-refractivity contribution in [3.8, 4) is 5.75 Å². The molecule has 1 heterocycles. The van der Waals surface area contributed by atoms with Gasteiger partial charge in [0.2, 0.25) is 0 Å². The molecule has 0 radical (unpaired) electrons. The topological polar surface area (TPSA) is 75.6 Å². The zero-order chi connectivity index (χ0) is 13.1. The molecule has 5 nitrogen and oxygen atoms in total. The molecule has 0 atom stereocenters. The van der Waals surface area contributed by atoms with Crippen LogP contribution in [0.15, 0.2) is 11.4 Å². The predicted octanol–water partition coefficient (Wildman–Crippen LogP) is 1.74. The first kappa shape index (κ1) is 13.5. The smallest absolute Gasteiger partial charge is 0.346 e. The van der Waals surface area contributed by atoms with Crippen LogP contribution >= 0.6 is 11.3 Å². The average molecular weight is 257 g/mol. The maximum atomic E-state index is 11.4. The molecule has 6 heteroatoms. The summed E-state index contributed by atoms with van der Waals surface area (Å²) in [6.45, 7) is 5.50. The number of ether oxygens (including phenoxy) is 1. The van der Waals surface area contributed by atoms with Crippen molar-refractivity contribution in [1.82, 2.24) is 5.32 Å². The normalized spacial score (nSPS) is 11.0. The molecule has 1 rings (SSSR count). The second-order valence-corrected chi connectivity index (χ2v) is 5.45. The fraction of sp³-hybridized carbons (Fsp3) is 0.455. The molecule has 0 aliphatic rings. The Morgan fingerprint density at radius 1 is 1.47 bits per heavy atom. The minimum atomic E-state index is -0.996. The Balaban J connectivity index is 2.45. The highest BCUT2D eigenvalue weighted by molar-refractivity contribution is 7.12. The van der Waals surface area contributed by atoms with E-state index in [4.69, 9.17) is 9.84 Å². The zero-order valence-electron chi connectivity index (χ0n) is 9.94. The molecule has 0 saturated heterocycles. The molecule has 0 aliphatic carbocycles. The van der Waals surface area contributed by atoms with Crippen molar-refractivity contribution in [2.45, 2.75) is 26.3 Å². The summed E-state index contributed by atoms with van der Waals surface area (Å²) in [6.07, 6.45) is 0. The zero-order valence-corrected chi connectivity index (χ0v) is 10.8. The fourth-order valence-corrected chi connectivity index (χ4v) is 1.77. The van der Waals surface area contributed by atoms with Crippen molar-refractivity contribution in [3.63, 3.8) is 0 Å². The minimum absolute atomic E-state index is 0.118. The molecule has 0 fully saturated rings. The van der Waals surface area contributed by atoms with Gasteiger partial charge >= 0.3 is 5.97 Å². The summed E-state index contributed by atoms with van der Waals surface area (Å²) in [5.74, 6) is -0.832. The molecule has 1 amide bonds. The lowest BCUT2D eigenvalue weighted by Gasteiger charge is -2.20. The first-order valence-electron chi connectivity index (χ1n) is 5.03. The van der Waals surface area contributed by atoms with Gasteiger partial charge in [-0.2, -0.15) is 0 Å². The van der Waals surface area contributed by atoms with E-state index in [0.717, 1.165) is 11.3 Å². The van der Waals surface area contributed by atoms with Crippen LogP contribution in [0.5, 0.6) is 5.75 Å². The van der Waals surface area contributed by atoms with Crippen LogP contribution in [0, 0.1) is 0 Å². The van der Waals surface area contributed by atoms with E-state index in [2.05, 4.69) is 5.32 Å². The van der Waals surface area contributed by atoms with Crippen molar-refractivity contribution in [2.75, 3.05) is 6.61 Å². The molecule has 94 valence electrons. The molecule has 0 aliphatic heterocycles. The first-order valence-corrected chi connectivity index (χ1v) is 5.91. The standard InChI is InChI=1S/C11H15NO4S/c1-11(2,3)12-9(13)5-16-7-4-8(10(14)15)17-6-7/h4,6H,5H2,1-3H3,(H,12,13)(H,14,15). The van der Waals surface area contributed by atoms with Crippen LogP contribution < -0.4 is 10.1 Å². The van der Waals surface area contributed by atoms with Crippen molar-refractivity contribution >= 4 is 23.2 Å². The van der Waals surface area contributed by atoms with E-state index in [1.165, 1.54) is 6.07 Å². The van der Waals surface area contributed by atoms with Crippen LogP contribution in [0.2, 0.25) is 0 Å². The monoisotopic (exact) mass is 257 g/mol. The van der Waals surface area contributed by atoms with Gasteiger partial charge in [0.05, 0.1) is 0 Å². The summed E-state index contributed by atoms with van der Waals surface area (Å²) in [5.41, 5.74) is -0.304. The maximum Gasteiger partial charge on any atom is 0.346 e. The van der Waals surface area contributed by atoms with Crippen LogP contribution in [0.3, 0.4) is 0 Å². The highest BCUT2D eigenvalue weighted by atomic mass is 32.1. The summed E-state index contributed by atoms with van der Waals surface area (Å²) in [5, 5.41) is 13.0. The number of carboxylic acid groups (broad SMARTS) is 1. The molecule has 17 heavy (non-hydrogen) atoms. The molecule has 0 spiro atoms. The Morgan fingerprint density at radius 3 is 2.59 bits per heavy atom. The Labute approximate surface area is 103 Å². The second-order valence-electron chi connectivity index (χ2n) is 4.54. The summed E-state index contributed by atoms with van der Waals surface area (Å²) >= 11 is 1.07. The minimum Gasteiger partial charge on any atom is -0.483 e. The van der Waals surface area contributed by atoms with Crippen molar-refractivity contribution in [1.29, 1.82) is 0 Å². The van der Waals surface area contributed by atoms with Crippen LogP contribution in [0.25, 0.3) is 0 Å². The summed E-state index contributed by atoms with van der Waals surface area (Å²) < 4.78 is 5.18. The molecular weight excluding hydrogens is 242 g/mol. The van der Waals surface area contributed by atoms with Gasteiger partial charge in [0.25, 0.3) is 5.91 Å². The number of carboxylic acids is 1. The van der Waals surface area contributed by atoms with Gasteiger partial charge in [-0.25, -0.2) is 4.79 Å². The number of carbonyl (C=O) groups is 2. The van der Waals surface area contributed by atoms with E-state index in [0.29, 0.717) is 5.75 Å². The number of amides is 1. The predicted molar refractivity (Wildman–Crippen MR) is 64.7 cm³/mol. The van der Waals surface area contributed by atoms with E-state index in [9.17, 15) is 9.59 Å². The van der Waals surface area contributed by atoms with E-state index in [1.54, 1.807) is 5.38 Å². The van der Waals surface area contributed by atoms with Gasteiger partial charge in [0.1, 0.15) is 10.6 Å². The van der Waals surface area contributed by atoms with E-state index in [-0.39, 0.29) is 22.9 Å². The number of thiophene rings is 1. The SMILES string of the molecule is CC(C)(C)NC(=O)COc1csc(C(=O)O)c1. The molecule has 2 N–H and O–H groups in total. The Bertz CT molecular complexity index is 419. The Hall–Kier alpha value is -1.56. The number of rotatable bonds is 4. The Morgan fingerprint density at radius 2 is 2.12 bits per heavy atom. The molecule has 0 saturated carbocycles.